The molecule has 0 spiro atoms. The molecule has 0 saturated heterocycles. The van der Waals surface area contributed by atoms with Crippen LogP contribution in [0.15, 0.2) is 200 Å². The minimum Gasteiger partial charge on any atom is -0.509 e. The van der Waals surface area contributed by atoms with Crippen molar-refractivity contribution in [2.75, 3.05) is 9.80 Å². The van der Waals surface area contributed by atoms with Gasteiger partial charge >= 0.3 is 0 Å². The first-order valence-electron chi connectivity index (χ1n) is 35.3. The molecule has 2 aliphatic rings. The number of rotatable bonds is 9. The fraction of sp³-hybridized carbons (Fsp3) is 0.250. The largest absolute Gasteiger partial charge is 0.509 e. The summed E-state index contributed by atoms with van der Waals surface area (Å²) in [7, 11) is 0. The summed E-state index contributed by atoms with van der Waals surface area (Å²) in [6, 6.07) is 44.2. The Hall–Kier alpha value is -7.98. The number of hydrogen-bond acceptors (Lipinski definition) is 4. The molecule has 3 heterocycles. The van der Waals surface area contributed by atoms with Gasteiger partial charge in [0.05, 0.1) is 16.4 Å². The molecule has 5 nitrogen and oxygen atoms in total. The Morgan fingerprint density at radius 1 is 0.523 bits per heavy atom. The van der Waals surface area contributed by atoms with E-state index in [1.54, 1.807) is 28.8 Å². The molecule has 1 aliphatic carbocycles. The fourth-order valence-corrected chi connectivity index (χ4v) is 12.1. The minimum absolute atomic E-state index is 0. The first-order chi connectivity index (χ1) is 45.5. The maximum atomic E-state index is 10.5. The van der Waals surface area contributed by atoms with E-state index < -0.39 is 51.9 Å². The summed E-state index contributed by atoms with van der Waals surface area (Å²) in [5, 5.41) is 0.673. The van der Waals surface area contributed by atoms with E-state index in [-0.39, 0.29) is 96.8 Å². The third-order valence-corrected chi connectivity index (χ3v) is 17.1. The summed E-state index contributed by atoms with van der Waals surface area (Å²) >= 11 is 0. The fourth-order valence-electron chi connectivity index (χ4n) is 12.1. The second-order valence-corrected chi connectivity index (χ2v) is 27.2. The second-order valence-electron chi connectivity index (χ2n) is 27.2. The molecule has 0 fully saturated rings. The number of anilines is 4. The zero-order valence-electron chi connectivity index (χ0n) is 63.1. The summed E-state index contributed by atoms with van der Waals surface area (Å²) in [4.78, 5) is 9.05. The van der Waals surface area contributed by atoms with E-state index in [4.69, 9.17) is 19.3 Å². The molecule has 1 aliphatic heterocycles. The summed E-state index contributed by atoms with van der Waals surface area (Å²) in [6.07, 6.45) is 3.11. The van der Waals surface area contributed by atoms with Gasteiger partial charge in [-0.15, -0.1) is 48.1 Å². The molecule has 0 atom stereocenters. The van der Waals surface area contributed by atoms with Gasteiger partial charge in [0.25, 0.3) is 0 Å². The smallest absolute Gasteiger partial charge is 0.135 e. The standard InChI is InChI=1S/C80H77N4O.Pt/c1-76(2,3)57-26-21-25-55(43-57)52-33-35-54(36-34-52)64-45-58(77(4,5)6)46-65(56-37-40-67-69(44-56)80(12,13)42-41-79(67,10)11)75(64)83-51-82(71-31-19-20-32-72(71)83)59-27-22-28-60(47-59)85-61-38-39-63-62-29-17-18-30-70(62)84(73(63)48-61)74-49-68(78(7,8)9)66(50-81-74)53-23-15-14-16-24-53;/h14-40,43-46,49-51H,41-42H2,1-13H3;/q-3;/i14D,15D,16D,17D,18D,23D,24D,29D,30D,37D,40D,44D;. The monoisotopic (exact) mass is 1320 g/mol. The Bertz CT molecular complexity index is 5090. The van der Waals surface area contributed by atoms with Crippen LogP contribution in [0.2, 0.25) is 0 Å². The molecule has 0 bridgehead atoms. The number of benzene rings is 9. The molecule has 436 valence electrons. The van der Waals surface area contributed by atoms with Gasteiger partial charge in [0.2, 0.25) is 0 Å². The van der Waals surface area contributed by atoms with E-state index in [1.165, 1.54) is 11.8 Å². The van der Waals surface area contributed by atoms with Gasteiger partial charge in [0.1, 0.15) is 5.82 Å². The van der Waals surface area contributed by atoms with Crippen molar-refractivity contribution in [3.63, 3.8) is 0 Å². The molecule has 13 rings (SSSR count). The predicted octanol–water partition coefficient (Wildman–Crippen LogP) is 21.9. The molecule has 0 unspecified atom stereocenters. The summed E-state index contributed by atoms with van der Waals surface area (Å²) in [6.45, 7) is 29.6. The molecule has 11 aromatic rings. The van der Waals surface area contributed by atoms with Crippen LogP contribution in [0.3, 0.4) is 0 Å². The maximum Gasteiger partial charge on any atom is 0.135 e. The SMILES string of the molecule is [2H]c1c([2H])c([2H])c(-c2cnc(-n3c4[c-]c(Oc5[c-]c(N6[CH-]N(c7c(-c8ccc(-c9cccc(C(C)(C)C)c9)cc8)cc(C(C)(C)C)cc7-c7c([2H])c([2H])c8c(c7[2H])C(C)(C)CCC8(C)C)c7ccccc76)ccc5)ccc4c4c([2H])c([2H])c([2H])c([2H])c43)cc2C(C)(C)C)c([2H])c1[2H].[Pt]. The number of nitrogens with zero attached hydrogens (tertiary/aromatic N) is 4. The van der Waals surface area contributed by atoms with Crippen molar-refractivity contribution in [1.82, 2.24) is 9.55 Å². The van der Waals surface area contributed by atoms with Gasteiger partial charge in [-0.25, -0.2) is 4.98 Å². The molecular weight excluding hydrogens is 1230 g/mol. The van der Waals surface area contributed by atoms with Crippen molar-refractivity contribution in [3.8, 4) is 61.8 Å². The van der Waals surface area contributed by atoms with E-state index in [0.29, 0.717) is 44.6 Å². The number of hydrogen-bond donors (Lipinski definition) is 0. The van der Waals surface area contributed by atoms with Gasteiger partial charge in [-0.05, 0) is 137 Å². The Labute approximate surface area is 541 Å². The zero-order chi connectivity index (χ0) is 69.8. The van der Waals surface area contributed by atoms with Crippen molar-refractivity contribution in [2.24, 2.45) is 0 Å². The van der Waals surface area contributed by atoms with E-state index in [9.17, 15) is 6.85 Å². The van der Waals surface area contributed by atoms with Crippen LogP contribution >= 0.6 is 0 Å². The topological polar surface area (TPSA) is 33.5 Å². The van der Waals surface area contributed by atoms with Crippen LogP contribution in [0.4, 0.5) is 22.7 Å². The summed E-state index contributed by atoms with van der Waals surface area (Å²) < 4.78 is 118. The number of fused-ring (bicyclic) bond motifs is 5. The van der Waals surface area contributed by atoms with Gasteiger partial charge in [-0.1, -0.05) is 223 Å². The third kappa shape index (κ3) is 10.7. The number of para-hydroxylation sites is 3. The molecule has 0 amide bonds. The van der Waals surface area contributed by atoms with Gasteiger partial charge < -0.3 is 19.1 Å². The van der Waals surface area contributed by atoms with Crippen LogP contribution in [0.25, 0.3) is 72.1 Å². The average Bonchev–Trinajstić information content (AvgIpc) is 1.16. The van der Waals surface area contributed by atoms with Crippen LogP contribution in [0, 0.1) is 18.8 Å². The Kier molecular flexibility index (Phi) is 11.5. The quantitative estimate of drug-likeness (QED) is 0.135. The first-order valence-corrected chi connectivity index (χ1v) is 29.3. The average molecular weight is 1320 g/mol. The molecule has 2 aromatic heterocycles. The van der Waals surface area contributed by atoms with Gasteiger partial charge in [-0.2, -0.15) is 12.1 Å². The van der Waals surface area contributed by atoms with Crippen molar-refractivity contribution in [1.29, 1.82) is 0 Å². The molecule has 0 saturated carbocycles. The molecule has 86 heavy (non-hydrogen) atoms. The van der Waals surface area contributed by atoms with Crippen molar-refractivity contribution in [3.05, 3.63) is 247 Å². The van der Waals surface area contributed by atoms with E-state index in [2.05, 4.69) is 153 Å². The Morgan fingerprint density at radius 3 is 1.87 bits per heavy atom. The minimum atomic E-state index is -0.704. The third-order valence-electron chi connectivity index (χ3n) is 17.1. The summed E-state index contributed by atoms with van der Waals surface area (Å²) in [5.41, 5.74) is 11.1. The normalized spacial score (nSPS) is 16.7. The molecular formula is C80H77N4OPt-3. The van der Waals surface area contributed by atoms with Gasteiger partial charge in [0.15, 0.2) is 0 Å². The second kappa shape index (κ2) is 21.8. The van der Waals surface area contributed by atoms with Crippen molar-refractivity contribution in [2.45, 2.75) is 130 Å². The Morgan fingerprint density at radius 2 is 1.16 bits per heavy atom. The van der Waals surface area contributed by atoms with Crippen LogP contribution in [-0.2, 0) is 48.1 Å². The number of aromatic nitrogens is 2. The molecule has 9 aromatic carbocycles. The van der Waals surface area contributed by atoms with Crippen molar-refractivity contribution >= 4 is 44.6 Å². The van der Waals surface area contributed by atoms with Gasteiger partial charge in [-0.3, -0.25) is 0 Å². The van der Waals surface area contributed by atoms with E-state index in [1.807, 2.05) is 62.7 Å². The predicted molar refractivity (Wildman–Crippen MR) is 357 cm³/mol. The van der Waals surface area contributed by atoms with E-state index >= 15 is 0 Å². The molecule has 6 heteroatoms. The zero-order valence-corrected chi connectivity index (χ0v) is 53.4. The van der Waals surface area contributed by atoms with Crippen LogP contribution in [0.1, 0.15) is 147 Å². The van der Waals surface area contributed by atoms with E-state index in [0.717, 1.165) is 68.8 Å². The number of pyridine rings is 1. The number of ether oxygens (including phenoxy) is 1. The first kappa shape index (κ1) is 45.4. The summed E-state index contributed by atoms with van der Waals surface area (Å²) in [5.74, 6) is 0.768. The van der Waals surface area contributed by atoms with Crippen molar-refractivity contribution < 1.29 is 42.3 Å². The van der Waals surface area contributed by atoms with Crippen LogP contribution in [-0.4, -0.2) is 9.55 Å². The van der Waals surface area contributed by atoms with Crippen LogP contribution < -0.4 is 14.5 Å². The molecule has 0 radical (unpaired) electrons. The van der Waals surface area contributed by atoms with Crippen LogP contribution in [0.5, 0.6) is 11.5 Å². The maximum absolute atomic E-state index is 10.5. The van der Waals surface area contributed by atoms with Gasteiger partial charge in [0, 0.05) is 78.0 Å². The molecule has 0 N–H and O–H groups in total. The Balaban J connectivity index is 0.00000914.